The summed E-state index contributed by atoms with van der Waals surface area (Å²) < 4.78 is 5.18. The number of rotatable bonds is 2. The van der Waals surface area contributed by atoms with E-state index < -0.39 is 0 Å². The minimum absolute atomic E-state index is 0.0758. The van der Waals surface area contributed by atoms with Crippen LogP contribution in [-0.4, -0.2) is 22.5 Å². The highest BCUT2D eigenvalue weighted by Crippen LogP contribution is 2.36. The van der Waals surface area contributed by atoms with Crippen LogP contribution in [0.2, 0.25) is 0 Å². The van der Waals surface area contributed by atoms with E-state index in [0.29, 0.717) is 0 Å². The third-order valence-electron chi connectivity index (χ3n) is 4.46. The van der Waals surface area contributed by atoms with E-state index in [-0.39, 0.29) is 11.9 Å². The Kier molecular flexibility index (Phi) is 3.10. The third-order valence-corrected chi connectivity index (χ3v) is 5.68. The van der Waals surface area contributed by atoms with E-state index in [9.17, 15) is 4.79 Å². The van der Waals surface area contributed by atoms with E-state index in [1.807, 2.05) is 17.9 Å². The Bertz CT molecular complexity index is 667. The number of amides is 1. The van der Waals surface area contributed by atoms with Crippen LogP contribution in [0.15, 0.2) is 16.7 Å². The number of hydrogen-bond acceptors (Lipinski definition) is 4. The van der Waals surface area contributed by atoms with Crippen LogP contribution in [-0.2, 0) is 12.8 Å². The van der Waals surface area contributed by atoms with Gasteiger partial charge in [-0.1, -0.05) is 5.16 Å². The Morgan fingerprint density at radius 3 is 3.05 bits per heavy atom. The standard InChI is InChI=1S/C16H18N2O2S/c1-10-8-12(17-20-10)13-5-3-7-18(13)16(19)15-9-11-4-2-6-14(11)21-15/h8-9,13H,2-7H2,1H3/t13-/m0/s1. The van der Waals surface area contributed by atoms with Crippen molar-refractivity contribution < 1.29 is 9.32 Å². The molecule has 2 aliphatic rings. The number of carbonyl (C=O) groups excluding carboxylic acids is 1. The summed E-state index contributed by atoms with van der Waals surface area (Å²) in [5.41, 5.74) is 2.28. The summed E-state index contributed by atoms with van der Waals surface area (Å²) in [6.45, 7) is 2.71. The molecule has 2 aromatic heterocycles. The number of nitrogens with zero attached hydrogens (tertiary/aromatic N) is 2. The number of aryl methyl sites for hydroxylation is 3. The molecule has 1 aliphatic carbocycles. The summed E-state index contributed by atoms with van der Waals surface area (Å²) in [6, 6.07) is 4.13. The zero-order valence-corrected chi connectivity index (χ0v) is 12.9. The van der Waals surface area contributed by atoms with Crippen LogP contribution in [0.25, 0.3) is 0 Å². The van der Waals surface area contributed by atoms with Gasteiger partial charge in [-0.3, -0.25) is 4.79 Å². The highest BCUT2D eigenvalue weighted by Gasteiger charge is 2.33. The number of fused-ring (bicyclic) bond motifs is 1. The maximum absolute atomic E-state index is 12.8. The largest absolute Gasteiger partial charge is 0.361 e. The number of aromatic nitrogens is 1. The molecule has 3 heterocycles. The first-order valence-electron chi connectivity index (χ1n) is 7.58. The van der Waals surface area contributed by atoms with Gasteiger partial charge < -0.3 is 9.42 Å². The van der Waals surface area contributed by atoms with Crippen molar-refractivity contribution in [3.8, 4) is 0 Å². The fourth-order valence-electron chi connectivity index (χ4n) is 3.44. The molecular formula is C16H18N2O2S. The van der Waals surface area contributed by atoms with Crippen LogP contribution in [0.1, 0.15) is 56.9 Å². The molecule has 0 saturated carbocycles. The molecule has 0 N–H and O–H groups in total. The van der Waals surface area contributed by atoms with E-state index in [2.05, 4.69) is 11.2 Å². The molecule has 2 aromatic rings. The van der Waals surface area contributed by atoms with Gasteiger partial charge >= 0.3 is 0 Å². The summed E-state index contributed by atoms with van der Waals surface area (Å²) in [4.78, 5) is 17.1. The van der Waals surface area contributed by atoms with Crippen LogP contribution < -0.4 is 0 Å². The van der Waals surface area contributed by atoms with Gasteiger partial charge in [0.1, 0.15) is 11.5 Å². The summed E-state index contributed by atoms with van der Waals surface area (Å²) in [5, 5.41) is 4.11. The molecule has 1 saturated heterocycles. The zero-order chi connectivity index (χ0) is 14.4. The lowest BCUT2D eigenvalue weighted by Crippen LogP contribution is -2.30. The first-order valence-corrected chi connectivity index (χ1v) is 8.40. The maximum atomic E-state index is 12.8. The lowest BCUT2D eigenvalue weighted by molar-refractivity contribution is 0.0735. The SMILES string of the molecule is Cc1cc([C@@H]2CCCN2C(=O)c2cc3c(s2)CCC3)no1. The van der Waals surface area contributed by atoms with E-state index in [1.165, 1.54) is 16.9 Å². The van der Waals surface area contributed by atoms with E-state index in [4.69, 9.17) is 4.52 Å². The molecule has 0 spiro atoms. The first-order chi connectivity index (χ1) is 10.2. The molecule has 21 heavy (non-hydrogen) atoms. The molecule has 110 valence electrons. The second-order valence-corrected chi connectivity index (χ2v) is 7.07. The van der Waals surface area contributed by atoms with Gasteiger partial charge in [0.05, 0.1) is 10.9 Å². The molecule has 4 nitrogen and oxygen atoms in total. The second-order valence-electron chi connectivity index (χ2n) is 5.93. The van der Waals surface area contributed by atoms with Gasteiger partial charge in [-0.05, 0) is 50.7 Å². The highest BCUT2D eigenvalue weighted by molar-refractivity contribution is 7.14. The smallest absolute Gasteiger partial charge is 0.264 e. The molecule has 0 bridgehead atoms. The number of thiophene rings is 1. The van der Waals surface area contributed by atoms with Crippen LogP contribution in [0.4, 0.5) is 0 Å². The summed E-state index contributed by atoms with van der Waals surface area (Å²) >= 11 is 1.68. The lowest BCUT2D eigenvalue weighted by Gasteiger charge is -2.22. The van der Waals surface area contributed by atoms with Crippen LogP contribution in [0.5, 0.6) is 0 Å². The van der Waals surface area contributed by atoms with E-state index >= 15 is 0 Å². The van der Waals surface area contributed by atoms with Gasteiger partial charge in [-0.25, -0.2) is 0 Å². The number of carbonyl (C=O) groups is 1. The predicted molar refractivity (Wildman–Crippen MR) is 80.6 cm³/mol. The zero-order valence-electron chi connectivity index (χ0n) is 12.1. The average Bonchev–Trinajstić information content (AvgIpc) is 3.20. The van der Waals surface area contributed by atoms with Gasteiger partial charge in [0.25, 0.3) is 5.91 Å². The molecular weight excluding hydrogens is 284 g/mol. The summed E-state index contributed by atoms with van der Waals surface area (Å²) in [5.74, 6) is 0.969. The minimum atomic E-state index is 0.0758. The Morgan fingerprint density at radius 1 is 1.38 bits per heavy atom. The Labute approximate surface area is 127 Å². The van der Waals surface area contributed by atoms with Crippen molar-refractivity contribution in [3.63, 3.8) is 0 Å². The molecule has 5 heteroatoms. The van der Waals surface area contributed by atoms with Crippen molar-refractivity contribution in [1.82, 2.24) is 10.1 Å². The minimum Gasteiger partial charge on any atom is -0.361 e. The monoisotopic (exact) mass is 302 g/mol. The van der Waals surface area contributed by atoms with Crippen molar-refractivity contribution >= 4 is 17.2 Å². The Balaban J connectivity index is 1.60. The lowest BCUT2D eigenvalue weighted by atomic mass is 10.1. The summed E-state index contributed by atoms with van der Waals surface area (Å²) in [7, 11) is 0. The molecule has 4 rings (SSSR count). The fraction of sp³-hybridized carbons (Fsp3) is 0.500. The molecule has 0 aromatic carbocycles. The van der Waals surface area contributed by atoms with Crippen molar-refractivity contribution in [2.24, 2.45) is 0 Å². The number of likely N-dealkylation sites (tertiary alicyclic amines) is 1. The normalized spacial score (nSPS) is 21.0. The van der Waals surface area contributed by atoms with Gasteiger partial charge in [0.15, 0.2) is 0 Å². The average molecular weight is 302 g/mol. The van der Waals surface area contributed by atoms with Crippen LogP contribution in [0.3, 0.4) is 0 Å². The maximum Gasteiger partial charge on any atom is 0.264 e. The van der Waals surface area contributed by atoms with Gasteiger partial charge in [0.2, 0.25) is 0 Å². The van der Waals surface area contributed by atoms with Gasteiger partial charge in [-0.2, -0.15) is 0 Å². The van der Waals surface area contributed by atoms with Crippen molar-refractivity contribution in [1.29, 1.82) is 0 Å². The molecule has 0 unspecified atom stereocenters. The van der Waals surface area contributed by atoms with Crippen LogP contribution in [0, 0.1) is 6.92 Å². The molecule has 1 amide bonds. The Morgan fingerprint density at radius 2 is 2.29 bits per heavy atom. The second kappa shape index (κ2) is 4.98. The van der Waals surface area contributed by atoms with Gasteiger partial charge in [-0.15, -0.1) is 11.3 Å². The molecule has 1 aliphatic heterocycles. The number of hydrogen-bond donors (Lipinski definition) is 0. The van der Waals surface area contributed by atoms with E-state index in [1.54, 1.807) is 11.3 Å². The summed E-state index contributed by atoms with van der Waals surface area (Å²) in [6.07, 6.45) is 5.51. The van der Waals surface area contributed by atoms with Crippen molar-refractivity contribution in [2.45, 2.75) is 45.1 Å². The van der Waals surface area contributed by atoms with Crippen molar-refractivity contribution in [3.05, 3.63) is 38.9 Å². The fourth-order valence-corrected chi connectivity index (χ4v) is 4.65. The quantitative estimate of drug-likeness (QED) is 0.853. The van der Waals surface area contributed by atoms with Crippen LogP contribution >= 0.6 is 11.3 Å². The topological polar surface area (TPSA) is 46.3 Å². The third kappa shape index (κ3) is 2.20. The first kappa shape index (κ1) is 13.1. The predicted octanol–water partition coefficient (Wildman–Crippen LogP) is 3.51. The van der Waals surface area contributed by atoms with Crippen molar-refractivity contribution in [2.75, 3.05) is 6.54 Å². The molecule has 1 atom stereocenters. The molecule has 0 radical (unpaired) electrons. The van der Waals surface area contributed by atoms with E-state index in [0.717, 1.165) is 48.6 Å². The Hall–Kier alpha value is -1.62. The molecule has 1 fully saturated rings. The van der Waals surface area contributed by atoms with Gasteiger partial charge in [0, 0.05) is 17.5 Å². The highest BCUT2D eigenvalue weighted by atomic mass is 32.1.